The molecule has 1 aliphatic rings. The Kier molecular flexibility index (Phi) is 4.00. The summed E-state index contributed by atoms with van der Waals surface area (Å²) >= 11 is 0. The third-order valence-electron chi connectivity index (χ3n) is 3.76. The summed E-state index contributed by atoms with van der Waals surface area (Å²) in [6.07, 6.45) is 5.76. The molecule has 0 saturated heterocycles. The van der Waals surface area contributed by atoms with E-state index in [1.165, 1.54) is 0 Å². The van der Waals surface area contributed by atoms with Crippen molar-refractivity contribution in [2.75, 3.05) is 14.1 Å². The topological polar surface area (TPSA) is 23.5 Å². The van der Waals surface area contributed by atoms with Crippen LogP contribution >= 0.6 is 0 Å². The van der Waals surface area contributed by atoms with Crippen molar-refractivity contribution < 1.29 is 5.11 Å². The van der Waals surface area contributed by atoms with Gasteiger partial charge in [0.25, 0.3) is 0 Å². The van der Waals surface area contributed by atoms with E-state index in [9.17, 15) is 5.11 Å². The minimum atomic E-state index is -0.506. The van der Waals surface area contributed by atoms with Gasteiger partial charge in [-0.05, 0) is 32.2 Å². The van der Waals surface area contributed by atoms with E-state index in [1.54, 1.807) is 0 Å². The normalized spacial score (nSPS) is 22.1. The molecule has 1 unspecified atom stereocenters. The smallest absolute Gasteiger partial charge is 0.101 e. The van der Waals surface area contributed by atoms with E-state index in [0.29, 0.717) is 6.04 Å². The number of rotatable bonds is 4. The fourth-order valence-electron chi connectivity index (χ4n) is 2.37. The van der Waals surface area contributed by atoms with Crippen LogP contribution in [-0.2, 0) is 0 Å². The Morgan fingerprint density at radius 1 is 1.17 bits per heavy atom. The molecule has 18 heavy (non-hydrogen) atoms. The van der Waals surface area contributed by atoms with Gasteiger partial charge in [0, 0.05) is 12.0 Å². The van der Waals surface area contributed by atoms with Gasteiger partial charge in [-0.15, -0.1) is 0 Å². The number of aliphatic hydroxyl groups excluding tert-OH is 1. The van der Waals surface area contributed by atoms with Gasteiger partial charge in [0.1, 0.15) is 6.10 Å². The molecule has 3 atom stereocenters. The predicted octanol–water partition coefficient (Wildman–Crippen LogP) is 2.78. The summed E-state index contributed by atoms with van der Waals surface area (Å²) in [7, 11) is 4.15. The summed E-state index contributed by atoms with van der Waals surface area (Å²) in [5.41, 5.74) is 2.05. The largest absolute Gasteiger partial charge is 0.384 e. The molecule has 2 heteroatoms. The van der Waals surface area contributed by atoms with Crippen molar-refractivity contribution in [3.8, 4) is 0 Å². The molecule has 0 heterocycles. The van der Waals surface area contributed by atoms with E-state index < -0.39 is 6.10 Å². The van der Waals surface area contributed by atoms with Crippen LogP contribution in [0.25, 0.3) is 0 Å². The van der Waals surface area contributed by atoms with Gasteiger partial charge in [0.2, 0.25) is 0 Å². The quantitative estimate of drug-likeness (QED) is 0.879. The second-order valence-corrected chi connectivity index (χ2v) is 5.09. The van der Waals surface area contributed by atoms with Gasteiger partial charge >= 0.3 is 0 Å². The molecule has 2 nitrogen and oxygen atoms in total. The summed E-state index contributed by atoms with van der Waals surface area (Å²) in [6, 6.07) is 10.2. The van der Waals surface area contributed by atoms with Crippen LogP contribution in [0.15, 0.2) is 54.1 Å². The molecule has 0 amide bonds. The highest BCUT2D eigenvalue weighted by molar-refractivity contribution is 5.36. The third kappa shape index (κ3) is 2.55. The van der Waals surface area contributed by atoms with Crippen molar-refractivity contribution in [1.82, 2.24) is 4.90 Å². The second kappa shape index (κ2) is 5.51. The van der Waals surface area contributed by atoms with Gasteiger partial charge in [0.15, 0.2) is 0 Å². The van der Waals surface area contributed by atoms with Gasteiger partial charge < -0.3 is 10.0 Å². The summed E-state index contributed by atoms with van der Waals surface area (Å²) < 4.78 is 0. The highest BCUT2D eigenvalue weighted by Gasteiger charge is 2.28. The second-order valence-electron chi connectivity index (χ2n) is 5.09. The van der Waals surface area contributed by atoms with E-state index in [4.69, 9.17) is 0 Å². The molecule has 0 radical (unpaired) electrons. The Bertz CT molecular complexity index is 447. The van der Waals surface area contributed by atoms with Crippen LogP contribution in [-0.4, -0.2) is 30.1 Å². The van der Waals surface area contributed by atoms with Crippen molar-refractivity contribution in [2.45, 2.75) is 19.1 Å². The summed E-state index contributed by atoms with van der Waals surface area (Å²) in [4.78, 5) is 2.19. The number of allylic oxidation sites excluding steroid dienone is 2. The Morgan fingerprint density at radius 3 is 2.44 bits per heavy atom. The van der Waals surface area contributed by atoms with Crippen LogP contribution in [0.4, 0.5) is 0 Å². The van der Waals surface area contributed by atoms with Crippen molar-refractivity contribution in [1.29, 1.82) is 0 Å². The first kappa shape index (κ1) is 13.1. The van der Waals surface area contributed by atoms with Gasteiger partial charge in [-0.25, -0.2) is 0 Å². The molecule has 1 N–H and O–H groups in total. The van der Waals surface area contributed by atoms with Crippen molar-refractivity contribution in [2.24, 2.45) is 5.92 Å². The molecule has 1 aliphatic carbocycles. The zero-order chi connectivity index (χ0) is 13.1. The van der Waals surface area contributed by atoms with Crippen molar-refractivity contribution >= 4 is 0 Å². The Balaban J connectivity index is 2.19. The number of hydrogen-bond donors (Lipinski definition) is 1. The molecular weight excluding hydrogens is 222 g/mol. The lowest BCUT2D eigenvalue weighted by Crippen LogP contribution is -2.33. The molecule has 0 aliphatic heterocycles. The van der Waals surface area contributed by atoms with Gasteiger partial charge in [-0.1, -0.05) is 48.6 Å². The van der Waals surface area contributed by atoms with Crippen molar-refractivity contribution in [3.05, 3.63) is 59.7 Å². The number of aliphatic hydroxyl groups is 1. The number of nitrogens with zero attached hydrogens (tertiary/aromatic N) is 1. The fraction of sp³-hybridized carbons (Fsp3) is 0.375. The predicted molar refractivity (Wildman–Crippen MR) is 75.3 cm³/mol. The molecule has 0 bridgehead atoms. The van der Waals surface area contributed by atoms with Crippen LogP contribution in [0.5, 0.6) is 0 Å². The van der Waals surface area contributed by atoms with Crippen LogP contribution in [0.3, 0.4) is 0 Å². The zero-order valence-electron chi connectivity index (χ0n) is 11.2. The summed E-state index contributed by atoms with van der Waals surface area (Å²) in [6.45, 7) is 2.19. The first-order chi connectivity index (χ1) is 8.61. The van der Waals surface area contributed by atoms with Gasteiger partial charge in [0.05, 0.1) is 0 Å². The van der Waals surface area contributed by atoms with Crippen LogP contribution in [0, 0.1) is 5.92 Å². The molecule has 0 spiro atoms. The number of hydrogen-bond acceptors (Lipinski definition) is 2. The fourth-order valence-corrected chi connectivity index (χ4v) is 2.37. The lowest BCUT2D eigenvalue weighted by molar-refractivity contribution is 0.187. The maximum absolute atomic E-state index is 10.5. The molecule has 2 rings (SSSR count). The average Bonchev–Trinajstić information content (AvgIpc) is 2.87. The van der Waals surface area contributed by atoms with E-state index in [-0.39, 0.29) is 5.92 Å². The zero-order valence-corrected chi connectivity index (χ0v) is 11.2. The lowest BCUT2D eigenvalue weighted by Gasteiger charge is -2.29. The van der Waals surface area contributed by atoms with E-state index in [0.717, 1.165) is 11.1 Å². The lowest BCUT2D eigenvalue weighted by atomic mass is 9.88. The molecule has 0 saturated carbocycles. The first-order valence-electron chi connectivity index (χ1n) is 6.39. The monoisotopic (exact) mass is 243 g/mol. The molecule has 1 aromatic rings. The van der Waals surface area contributed by atoms with Crippen molar-refractivity contribution in [3.63, 3.8) is 0 Å². The summed E-state index contributed by atoms with van der Waals surface area (Å²) in [5, 5.41) is 10.5. The minimum Gasteiger partial charge on any atom is -0.384 e. The van der Waals surface area contributed by atoms with Gasteiger partial charge in [-0.2, -0.15) is 0 Å². The number of benzene rings is 1. The van der Waals surface area contributed by atoms with E-state index in [2.05, 4.69) is 32.0 Å². The average molecular weight is 243 g/mol. The standard InChI is InChI=1S/C16H21NO/c1-12(17(2)3)14-10-7-11-15(14)16(18)13-8-5-4-6-9-13/h4-12,14,16,18H,1-3H3/t12-,14?,16+/m0/s1. The molecule has 0 aromatic heterocycles. The van der Waals surface area contributed by atoms with E-state index in [1.807, 2.05) is 42.5 Å². The minimum absolute atomic E-state index is 0.287. The van der Waals surface area contributed by atoms with E-state index >= 15 is 0 Å². The SMILES string of the molecule is C[C@@H](C1C=CC=C1[C@H](O)c1ccccc1)N(C)C. The maximum atomic E-state index is 10.5. The highest BCUT2D eigenvalue weighted by Crippen LogP contribution is 2.34. The Hall–Kier alpha value is -1.38. The molecule has 0 fully saturated rings. The highest BCUT2D eigenvalue weighted by atomic mass is 16.3. The van der Waals surface area contributed by atoms with Crippen LogP contribution in [0.1, 0.15) is 18.6 Å². The molecular formula is C16H21NO. The first-order valence-corrected chi connectivity index (χ1v) is 6.39. The molecule has 1 aromatic carbocycles. The van der Waals surface area contributed by atoms with Gasteiger partial charge in [-0.3, -0.25) is 0 Å². The Labute approximate surface area is 109 Å². The van der Waals surface area contributed by atoms with Crippen LogP contribution in [0.2, 0.25) is 0 Å². The molecule has 96 valence electrons. The Morgan fingerprint density at radius 2 is 1.83 bits per heavy atom. The van der Waals surface area contributed by atoms with Crippen LogP contribution < -0.4 is 0 Å². The third-order valence-corrected chi connectivity index (χ3v) is 3.76. The maximum Gasteiger partial charge on any atom is 0.101 e. The summed E-state index contributed by atoms with van der Waals surface area (Å²) in [5.74, 6) is 0.287.